The fourth-order valence-corrected chi connectivity index (χ4v) is 4.77. The van der Waals surface area contributed by atoms with Crippen LogP contribution in [0.15, 0.2) is 92.8 Å². The number of hydrogen-bond acceptors (Lipinski definition) is 5. The maximum atomic E-state index is 13.2. The number of fused-ring (bicyclic) bond motifs is 2. The summed E-state index contributed by atoms with van der Waals surface area (Å²) < 4.78 is 0. The summed E-state index contributed by atoms with van der Waals surface area (Å²) in [6, 6.07) is 22.5. The lowest BCUT2D eigenvalue weighted by atomic mass is 9.99. The van der Waals surface area contributed by atoms with Crippen molar-refractivity contribution in [2.45, 2.75) is 28.7 Å². The Morgan fingerprint density at radius 2 is 1.84 bits per heavy atom. The van der Waals surface area contributed by atoms with E-state index in [2.05, 4.69) is 20.8 Å². The van der Waals surface area contributed by atoms with Gasteiger partial charge in [-0.15, -0.1) is 0 Å². The first-order valence-corrected chi connectivity index (χ1v) is 11.1. The Hall–Kier alpha value is -3.71. The number of rotatable bonds is 5. The van der Waals surface area contributed by atoms with Crippen molar-refractivity contribution in [3.63, 3.8) is 0 Å². The van der Waals surface area contributed by atoms with E-state index in [4.69, 9.17) is 0 Å². The topological polar surface area (TPSA) is 82.9 Å². The third-order valence-electron chi connectivity index (χ3n) is 5.40. The highest BCUT2D eigenvalue weighted by Crippen LogP contribution is 2.39. The molecule has 0 spiro atoms. The monoisotopic (exact) mass is 440 g/mol. The maximum Gasteiger partial charge on any atom is 0.256 e. The zero-order valence-electron chi connectivity index (χ0n) is 17.1. The highest BCUT2D eigenvalue weighted by atomic mass is 32.2. The van der Waals surface area contributed by atoms with Gasteiger partial charge in [-0.25, -0.2) is 0 Å². The molecule has 5 rings (SSSR count). The van der Waals surface area contributed by atoms with Gasteiger partial charge in [-0.1, -0.05) is 54.2 Å². The summed E-state index contributed by atoms with van der Waals surface area (Å²) in [5.74, 6) is -0.381. The molecular formula is C25H20N4O2S. The van der Waals surface area contributed by atoms with Crippen LogP contribution >= 0.6 is 11.8 Å². The highest BCUT2D eigenvalue weighted by Gasteiger charge is 2.23. The summed E-state index contributed by atoms with van der Waals surface area (Å²) in [4.78, 5) is 27.6. The number of carbonyl (C=O) groups is 2. The predicted molar refractivity (Wildman–Crippen MR) is 127 cm³/mol. The minimum absolute atomic E-state index is 0.175. The van der Waals surface area contributed by atoms with E-state index in [1.807, 2.05) is 54.6 Å². The van der Waals surface area contributed by atoms with Crippen molar-refractivity contribution < 1.29 is 9.59 Å². The Kier molecular flexibility index (Phi) is 5.56. The maximum absolute atomic E-state index is 13.2. The third kappa shape index (κ3) is 4.20. The van der Waals surface area contributed by atoms with E-state index in [1.54, 1.807) is 24.4 Å². The molecule has 1 atom stereocenters. The van der Waals surface area contributed by atoms with Gasteiger partial charge in [-0.3, -0.25) is 9.59 Å². The Morgan fingerprint density at radius 1 is 1.03 bits per heavy atom. The number of carbonyl (C=O) groups excluding carboxylic acids is 2. The van der Waals surface area contributed by atoms with Crippen LogP contribution in [0, 0.1) is 0 Å². The van der Waals surface area contributed by atoms with Crippen LogP contribution in [0.1, 0.15) is 45.2 Å². The average Bonchev–Trinajstić information content (AvgIpc) is 3.28. The number of hydrogen-bond donors (Lipinski definition) is 2. The molecule has 2 aliphatic rings. The van der Waals surface area contributed by atoms with Crippen LogP contribution in [0.3, 0.4) is 0 Å². The molecule has 6 nitrogen and oxygen atoms in total. The molecule has 2 amide bonds. The van der Waals surface area contributed by atoms with Crippen molar-refractivity contribution in [2.24, 2.45) is 10.2 Å². The summed E-state index contributed by atoms with van der Waals surface area (Å²) in [5, 5.41) is 14.2. The van der Waals surface area contributed by atoms with Crippen molar-refractivity contribution in [1.82, 2.24) is 5.32 Å². The number of nitrogens with zero attached hydrogens (tertiary/aromatic N) is 2. The predicted octanol–water partition coefficient (Wildman–Crippen LogP) is 5.10. The smallest absolute Gasteiger partial charge is 0.256 e. The molecular weight excluding hydrogens is 420 g/mol. The van der Waals surface area contributed by atoms with Crippen LogP contribution in [-0.4, -0.2) is 23.7 Å². The van der Waals surface area contributed by atoms with Gasteiger partial charge in [0.25, 0.3) is 11.8 Å². The Bertz CT molecular complexity index is 1250. The van der Waals surface area contributed by atoms with E-state index in [0.717, 1.165) is 21.1 Å². The van der Waals surface area contributed by atoms with Gasteiger partial charge in [0.2, 0.25) is 0 Å². The first kappa shape index (κ1) is 20.2. The minimum Gasteiger partial charge on any atom is -0.345 e. The summed E-state index contributed by atoms with van der Waals surface area (Å²) >= 11 is 1.51. The van der Waals surface area contributed by atoms with Crippen molar-refractivity contribution >= 4 is 41.2 Å². The second-order valence-corrected chi connectivity index (χ2v) is 8.66. The van der Waals surface area contributed by atoms with Gasteiger partial charge in [0.1, 0.15) is 0 Å². The fraction of sp³-hybridized carbons (Fsp3) is 0.120. The second-order valence-electron chi connectivity index (χ2n) is 7.57. The molecule has 0 saturated carbocycles. The van der Waals surface area contributed by atoms with Crippen molar-refractivity contribution in [2.75, 3.05) is 5.32 Å². The molecule has 3 aromatic carbocycles. The largest absolute Gasteiger partial charge is 0.345 e. The second kappa shape index (κ2) is 8.80. The molecule has 2 N–H and O–H groups in total. The molecule has 0 radical (unpaired) electrons. The normalized spacial score (nSPS) is 15.1. The summed E-state index contributed by atoms with van der Waals surface area (Å²) in [6.07, 6.45) is 3.05. The molecule has 0 fully saturated rings. The molecule has 2 aliphatic heterocycles. The van der Waals surface area contributed by atoms with Gasteiger partial charge >= 0.3 is 0 Å². The van der Waals surface area contributed by atoms with Gasteiger partial charge in [-0.2, -0.15) is 10.2 Å². The third-order valence-corrected chi connectivity index (χ3v) is 6.55. The Labute approximate surface area is 189 Å². The van der Waals surface area contributed by atoms with E-state index in [-0.39, 0.29) is 17.9 Å². The standard InChI is InChI=1S/C25H20N4O2S/c30-24(27-20(15-18-12-13-26-29-18)16-6-2-1-3-7-16)17-10-11-23-21(14-17)28-25(31)19-8-4-5-9-22(19)32-23/h1-11,13-14,20H,12,15H2,(H,27,30)(H,28,31). The molecule has 2 heterocycles. The lowest BCUT2D eigenvalue weighted by molar-refractivity contribution is 0.0936. The van der Waals surface area contributed by atoms with E-state index in [9.17, 15) is 9.59 Å². The van der Waals surface area contributed by atoms with Crippen molar-refractivity contribution in [1.29, 1.82) is 0 Å². The van der Waals surface area contributed by atoms with E-state index in [1.165, 1.54) is 11.8 Å². The molecule has 0 aliphatic carbocycles. The SMILES string of the molecule is O=C(NC(CC1=NN=CC1)c1ccccc1)c1ccc2c(c1)NC(=O)c1ccccc1S2. The minimum atomic E-state index is -0.226. The number of amides is 2. The van der Waals surface area contributed by atoms with Gasteiger partial charge in [0.15, 0.2) is 0 Å². The quantitative estimate of drug-likeness (QED) is 0.579. The lowest BCUT2D eigenvalue weighted by Crippen LogP contribution is -2.30. The number of benzene rings is 3. The summed E-state index contributed by atoms with van der Waals surface area (Å²) in [5.41, 5.74) is 3.69. The van der Waals surface area contributed by atoms with E-state index in [0.29, 0.717) is 29.7 Å². The molecule has 0 bridgehead atoms. The first-order valence-electron chi connectivity index (χ1n) is 10.3. The molecule has 0 aromatic heterocycles. The van der Waals surface area contributed by atoms with Crippen LogP contribution in [0.2, 0.25) is 0 Å². The molecule has 32 heavy (non-hydrogen) atoms. The van der Waals surface area contributed by atoms with Crippen LogP contribution in [0.5, 0.6) is 0 Å². The number of anilines is 1. The Balaban J connectivity index is 1.39. The van der Waals surface area contributed by atoms with Gasteiger partial charge in [-0.05, 0) is 35.9 Å². The molecule has 0 saturated heterocycles. The molecule has 3 aromatic rings. The average molecular weight is 441 g/mol. The highest BCUT2D eigenvalue weighted by molar-refractivity contribution is 7.99. The lowest BCUT2D eigenvalue weighted by Gasteiger charge is -2.19. The van der Waals surface area contributed by atoms with E-state index < -0.39 is 0 Å². The molecule has 158 valence electrons. The van der Waals surface area contributed by atoms with Gasteiger partial charge in [0.05, 0.1) is 17.3 Å². The number of nitrogens with one attached hydrogen (secondary N) is 2. The summed E-state index contributed by atoms with van der Waals surface area (Å²) in [6.45, 7) is 0. The van der Waals surface area contributed by atoms with E-state index >= 15 is 0 Å². The van der Waals surface area contributed by atoms with Crippen LogP contribution < -0.4 is 10.6 Å². The van der Waals surface area contributed by atoms with Gasteiger partial charge in [0, 0.05) is 40.1 Å². The van der Waals surface area contributed by atoms with Crippen LogP contribution in [-0.2, 0) is 0 Å². The van der Waals surface area contributed by atoms with Gasteiger partial charge < -0.3 is 10.6 Å². The van der Waals surface area contributed by atoms with Crippen molar-refractivity contribution in [3.05, 3.63) is 89.5 Å². The van der Waals surface area contributed by atoms with Crippen LogP contribution in [0.4, 0.5) is 5.69 Å². The summed E-state index contributed by atoms with van der Waals surface area (Å²) in [7, 11) is 0. The molecule has 1 unspecified atom stereocenters. The first-order chi connectivity index (χ1) is 15.7. The molecule has 7 heteroatoms. The fourth-order valence-electron chi connectivity index (χ4n) is 3.76. The zero-order valence-corrected chi connectivity index (χ0v) is 17.9. The Morgan fingerprint density at radius 3 is 2.66 bits per heavy atom. The van der Waals surface area contributed by atoms with Crippen LogP contribution in [0.25, 0.3) is 0 Å². The zero-order chi connectivity index (χ0) is 21.9. The van der Waals surface area contributed by atoms with Crippen molar-refractivity contribution in [3.8, 4) is 0 Å².